The zero-order valence-corrected chi connectivity index (χ0v) is 7.87. The van der Waals surface area contributed by atoms with Crippen molar-refractivity contribution in [3.63, 3.8) is 0 Å². The Bertz CT molecular complexity index is 328. The molecule has 0 N–H and O–H groups in total. The van der Waals surface area contributed by atoms with Gasteiger partial charge in [0.05, 0.1) is 0 Å². The first-order chi connectivity index (χ1) is 6.77. The van der Waals surface area contributed by atoms with Gasteiger partial charge in [0.1, 0.15) is 5.82 Å². The van der Waals surface area contributed by atoms with Crippen LogP contribution in [0, 0.1) is 5.82 Å². The first kappa shape index (κ1) is 9.19. The molecule has 14 heavy (non-hydrogen) atoms. The molecule has 1 aromatic rings. The maximum absolute atomic E-state index is 12.6. The zero-order valence-electron chi connectivity index (χ0n) is 7.87. The van der Waals surface area contributed by atoms with Gasteiger partial charge in [0.15, 0.2) is 0 Å². The molecule has 3 heteroatoms. The van der Waals surface area contributed by atoms with Crippen LogP contribution in [0.2, 0.25) is 0 Å². The number of carbonyl (C=O) groups is 1. The lowest BCUT2D eigenvalue weighted by Gasteiger charge is -2.14. The molecule has 0 aliphatic carbocycles. The Kier molecular flexibility index (Phi) is 2.48. The van der Waals surface area contributed by atoms with Crippen LogP contribution in [0.25, 0.3) is 0 Å². The van der Waals surface area contributed by atoms with Gasteiger partial charge in [-0.2, -0.15) is 0 Å². The van der Waals surface area contributed by atoms with E-state index in [1.807, 2.05) is 4.90 Å². The third kappa shape index (κ3) is 1.76. The van der Waals surface area contributed by atoms with E-state index in [0.29, 0.717) is 5.56 Å². The van der Waals surface area contributed by atoms with Gasteiger partial charge in [0.2, 0.25) is 0 Å². The summed E-state index contributed by atoms with van der Waals surface area (Å²) in [5.74, 6) is -0.287. The molecule has 1 fully saturated rings. The minimum atomic E-state index is -0.303. The third-order valence-corrected chi connectivity index (χ3v) is 2.48. The van der Waals surface area contributed by atoms with Gasteiger partial charge >= 0.3 is 0 Å². The highest BCUT2D eigenvalue weighted by molar-refractivity contribution is 5.94. The molecule has 1 aliphatic heterocycles. The number of rotatable bonds is 1. The summed E-state index contributed by atoms with van der Waals surface area (Å²) < 4.78 is 12.6. The van der Waals surface area contributed by atoms with Gasteiger partial charge in [0, 0.05) is 18.7 Å². The number of hydrogen-bond donors (Lipinski definition) is 0. The van der Waals surface area contributed by atoms with E-state index in [1.54, 1.807) is 0 Å². The summed E-state index contributed by atoms with van der Waals surface area (Å²) in [5.41, 5.74) is 0.577. The Morgan fingerprint density at radius 1 is 1.14 bits per heavy atom. The van der Waals surface area contributed by atoms with E-state index in [-0.39, 0.29) is 11.7 Å². The number of hydrogen-bond acceptors (Lipinski definition) is 1. The lowest BCUT2D eigenvalue weighted by molar-refractivity contribution is 0.0793. The quantitative estimate of drug-likeness (QED) is 0.668. The average molecular weight is 193 g/mol. The molecule has 0 bridgehead atoms. The van der Waals surface area contributed by atoms with Gasteiger partial charge in [-0.15, -0.1) is 0 Å². The lowest BCUT2D eigenvalue weighted by atomic mass is 10.2. The van der Waals surface area contributed by atoms with Crippen LogP contribution >= 0.6 is 0 Å². The molecule has 0 saturated carbocycles. The molecule has 0 unspecified atom stereocenters. The van der Waals surface area contributed by atoms with Crippen LogP contribution in [-0.4, -0.2) is 23.9 Å². The average Bonchev–Trinajstić information content (AvgIpc) is 2.71. The molecule has 2 nitrogen and oxygen atoms in total. The van der Waals surface area contributed by atoms with E-state index in [1.165, 1.54) is 24.3 Å². The predicted molar refractivity (Wildman–Crippen MR) is 51.5 cm³/mol. The fourth-order valence-corrected chi connectivity index (χ4v) is 1.70. The summed E-state index contributed by atoms with van der Waals surface area (Å²) in [6.45, 7) is 1.66. The third-order valence-electron chi connectivity index (χ3n) is 2.48. The first-order valence-corrected chi connectivity index (χ1v) is 4.82. The first-order valence-electron chi connectivity index (χ1n) is 4.82. The normalized spacial score (nSPS) is 15.9. The van der Waals surface area contributed by atoms with Crippen molar-refractivity contribution in [1.82, 2.24) is 4.90 Å². The second kappa shape index (κ2) is 3.78. The van der Waals surface area contributed by atoms with Gasteiger partial charge < -0.3 is 4.90 Å². The Morgan fingerprint density at radius 3 is 2.29 bits per heavy atom. The number of benzene rings is 1. The van der Waals surface area contributed by atoms with Gasteiger partial charge in [-0.05, 0) is 37.1 Å². The molecule has 0 atom stereocenters. The standard InChI is InChI=1S/C11H12FNO/c12-10-5-3-9(4-6-10)11(14)13-7-1-2-8-13/h3-6H,1-2,7-8H2. The second-order valence-electron chi connectivity index (χ2n) is 3.51. The number of nitrogens with zero attached hydrogens (tertiary/aromatic N) is 1. The fourth-order valence-electron chi connectivity index (χ4n) is 1.70. The van der Waals surface area contributed by atoms with Crippen molar-refractivity contribution in [2.75, 3.05) is 13.1 Å². The van der Waals surface area contributed by atoms with Crippen molar-refractivity contribution >= 4 is 5.91 Å². The van der Waals surface area contributed by atoms with Gasteiger partial charge in [0.25, 0.3) is 5.91 Å². The summed E-state index contributed by atoms with van der Waals surface area (Å²) in [6.07, 6.45) is 2.15. The van der Waals surface area contributed by atoms with Gasteiger partial charge in [-0.25, -0.2) is 4.39 Å². The van der Waals surface area contributed by atoms with Gasteiger partial charge in [-0.3, -0.25) is 4.79 Å². The van der Waals surface area contributed by atoms with E-state index in [4.69, 9.17) is 0 Å². The molecule has 0 aromatic heterocycles. The molecule has 1 aliphatic rings. The largest absolute Gasteiger partial charge is 0.339 e. The molecule has 1 saturated heterocycles. The van der Waals surface area contributed by atoms with E-state index < -0.39 is 0 Å². The summed E-state index contributed by atoms with van der Waals surface area (Å²) >= 11 is 0. The van der Waals surface area contributed by atoms with E-state index in [0.717, 1.165) is 25.9 Å². The summed E-state index contributed by atoms with van der Waals surface area (Å²) in [5, 5.41) is 0. The zero-order chi connectivity index (χ0) is 9.97. The number of carbonyl (C=O) groups excluding carboxylic acids is 1. The Hall–Kier alpha value is -1.38. The SMILES string of the molecule is O=C(c1ccc(F)cc1)N1CCCC1. The van der Waals surface area contributed by atoms with Gasteiger partial charge in [-0.1, -0.05) is 0 Å². The van der Waals surface area contributed by atoms with Crippen molar-refractivity contribution in [1.29, 1.82) is 0 Å². The minimum Gasteiger partial charge on any atom is -0.339 e. The van der Waals surface area contributed by atoms with E-state index in [9.17, 15) is 9.18 Å². The van der Waals surface area contributed by atoms with Crippen molar-refractivity contribution in [3.05, 3.63) is 35.6 Å². The highest BCUT2D eigenvalue weighted by Crippen LogP contribution is 2.12. The Balaban J connectivity index is 2.14. The summed E-state index contributed by atoms with van der Waals surface area (Å²) in [4.78, 5) is 13.6. The van der Waals surface area contributed by atoms with Crippen LogP contribution in [0.4, 0.5) is 4.39 Å². The maximum Gasteiger partial charge on any atom is 0.253 e. The molecular formula is C11H12FNO. The van der Waals surface area contributed by atoms with Crippen molar-refractivity contribution in [2.24, 2.45) is 0 Å². The van der Waals surface area contributed by atoms with E-state index in [2.05, 4.69) is 0 Å². The molecule has 0 radical (unpaired) electrons. The summed E-state index contributed by atoms with van der Waals surface area (Å²) in [6, 6.07) is 5.72. The monoisotopic (exact) mass is 193 g/mol. The molecule has 2 rings (SSSR count). The van der Waals surface area contributed by atoms with Crippen LogP contribution in [-0.2, 0) is 0 Å². The topological polar surface area (TPSA) is 20.3 Å². The van der Waals surface area contributed by atoms with Crippen LogP contribution in [0.3, 0.4) is 0 Å². The number of amides is 1. The maximum atomic E-state index is 12.6. The van der Waals surface area contributed by atoms with Crippen LogP contribution in [0.1, 0.15) is 23.2 Å². The Morgan fingerprint density at radius 2 is 1.71 bits per heavy atom. The second-order valence-corrected chi connectivity index (χ2v) is 3.51. The Labute approximate surface area is 82.3 Å². The van der Waals surface area contributed by atoms with Crippen LogP contribution in [0.15, 0.2) is 24.3 Å². The van der Waals surface area contributed by atoms with E-state index >= 15 is 0 Å². The van der Waals surface area contributed by atoms with Crippen LogP contribution < -0.4 is 0 Å². The lowest BCUT2D eigenvalue weighted by Crippen LogP contribution is -2.27. The van der Waals surface area contributed by atoms with Crippen LogP contribution in [0.5, 0.6) is 0 Å². The summed E-state index contributed by atoms with van der Waals surface area (Å²) in [7, 11) is 0. The van der Waals surface area contributed by atoms with Crippen molar-refractivity contribution in [2.45, 2.75) is 12.8 Å². The molecule has 1 amide bonds. The number of halogens is 1. The molecule has 1 heterocycles. The molecule has 74 valence electrons. The predicted octanol–water partition coefficient (Wildman–Crippen LogP) is 2.06. The van der Waals surface area contributed by atoms with Crippen molar-refractivity contribution in [3.8, 4) is 0 Å². The smallest absolute Gasteiger partial charge is 0.253 e. The molecular weight excluding hydrogens is 181 g/mol. The fraction of sp³-hybridized carbons (Fsp3) is 0.364. The van der Waals surface area contributed by atoms with Crippen molar-refractivity contribution < 1.29 is 9.18 Å². The molecule has 1 aromatic carbocycles. The molecule has 0 spiro atoms. The highest BCUT2D eigenvalue weighted by Gasteiger charge is 2.18. The number of likely N-dealkylation sites (tertiary alicyclic amines) is 1. The highest BCUT2D eigenvalue weighted by atomic mass is 19.1. The minimum absolute atomic E-state index is 0.0162.